The van der Waals surface area contributed by atoms with E-state index in [1.54, 1.807) is 6.92 Å². The Labute approximate surface area is 139 Å². The van der Waals surface area contributed by atoms with Gasteiger partial charge in [0.1, 0.15) is 0 Å². The number of rotatable bonds is 4. The van der Waals surface area contributed by atoms with Crippen molar-refractivity contribution in [2.24, 2.45) is 5.92 Å². The molecular weight excluding hydrogens is 334 g/mol. The second-order valence-electron chi connectivity index (χ2n) is 5.55. The Kier molecular flexibility index (Phi) is 4.65. The van der Waals surface area contributed by atoms with Crippen LogP contribution in [-0.4, -0.2) is 42.5 Å². The van der Waals surface area contributed by atoms with E-state index in [2.05, 4.69) is 10.3 Å². The Morgan fingerprint density at radius 3 is 2.70 bits per heavy atom. The first kappa shape index (κ1) is 16.4. The maximum Gasteiger partial charge on any atom is 0.229 e. The van der Waals surface area contributed by atoms with Crippen LogP contribution in [0.3, 0.4) is 0 Å². The summed E-state index contributed by atoms with van der Waals surface area (Å²) in [6, 6.07) is 7.74. The fourth-order valence-electron chi connectivity index (χ4n) is 2.71. The van der Waals surface area contributed by atoms with Crippen LogP contribution in [0.25, 0.3) is 10.2 Å². The van der Waals surface area contributed by atoms with Gasteiger partial charge in [-0.15, -0.1) is 0 Å². The number of benzene rings is 1. The van der Waals surface area contributed by atoms with Gasteiger partial charge in [0.05, 0.1) is 16.0 Å². The van der Waals surface area contributed by atoms with Crippen LogP contribution in [0, 0.1) is 5.92 Å². The van der Waals surface area contributed by atoms with Crippen LogP contribution in [0.2, 0.25) is 0 Å². The minimum atomic E-state index is -3.16. The molecule has 1 saturated heterocycles. The largest absolute Gasteiger partial charge is 0.302 e. The Bertz CT molecular complexity index is 775. The third-order valence-electron chi connectivity index (χ3n) is 4.11. The first-order valence-electron chi connectivity index (χ1n) is 7.64. The van der Waals surface area contributed by atoms with Crippen LogP contribution in [0.5, 0.6) is 0 Å². The standard InChI is InChI=1S/C15H19N3O3S2/c1-2-23(20,21)18-9-7-11(8-10-18)14(19)17-15-16-12-5-3-4-6-13(12)22-15/h3-6,11H,2,7-10H2,1H3,(H,16,17,19). The van der Waals surface area contributed by atoms with Crippen LogP contribution < -0.4 is 5.32 Å². The summed E-state index contributed by atoms with van der Waals surface area (Å²) in [6.07, 6.45) is 1.10. The maximum absolute atomic E-state index is 12.4. The zero-order chi connectivity index (χ0) is 16.4. The summed E-state index contributed by atoms with van der Waals surface area (Å²) in [4.78, 5) is 16.8. The number of sulfonamides is 1. The molecule has 1 aliphatic heterocycles. The lowest BCUT2D eigenvalue weighted by Gasteiger charge is -2.30. The summed E-state index contributed by atoms with van der Waals surface area (Å²) in [7, 11) is -3.16. The summed E-state index contributed by atoms with van der Waals surface area (Å²) >= 11 is 1.45. The Morgan fingerprint density at radius 2 is 2.04 bits per heavy atom. The molecule has 0 atom stereocenters. The first-order chi connectivity index (χ1) is 11.0. The van der Waals surface area contributed by atoms with Crippen LogP contribution in [-0.2, 0) is 14.8 Å². The van der Waals surface area contributed by atoms with Crippen molar-refractivity contribution in [3.63, 3.8) is 0 Å². The number of nitrogens with one attached hydrogen (secondary N) is 1. The molecule has 0 radical (unpaired) electrons. The lowest BCUT2D eigenvalue weighted by Crippen LogP contribution is -2.42. The van der Waals surface area contributed by atoms with Crippen LogP contribution >= 0.6 is 11.3 Å². The van der Waals surface area contributed by atoms with Gasteiger partial charge in [-0.1, -0.05) is 23.5 Å². The molecule has 124 valence electrons. The SMILES string of the molecule is CCS(=O)(=O)N1CCC(C(=O)Nc2nc3ccccc3s2)CC1. The zero-order valence-corrected chi connectivity index (χ0v) is 14.5. The molecular formula is C15H19N3O3S2. The zero-order valence-electron chi connectivity index (χ0n) is 12.9. The number of aromatic nitrogens is 1. The van der Waals surface area contributed by atoms with Crippen molar-refractivity contribution in [2.75, 3.05) is 24.2 Å². The molecule has 1 fully saturated rings. The molecule has 0 unspecified atom stereocenters. The first-order valence-corrected chi connectivity index (χ1v) is 10.1. The number of thiazole rings is 1. The summed E-state index contributed by atoms with van der Waals surface area (Å²) in [5.41, 5.74) is 0.872. The van der Waals surface area contributed by atoms with E-state index >= 15 is 0 Å². The minimum Gasteiger partial charge on any atom is -0.302 e. The summed E-state index contributed by atoms with van der Waals surface area (Å²) in [5, 5.41) is 3.47. The number of piperidine rings is 1. The predicted molar refractivity (Wildman–Crippen MR) is 92.0 cm³/mol. The number of carbonyl (C=O) groups excluding carboxylic acids is 1. The number of hydrogen-bond acceptors (Lipinski definition) is 5. The van der Waals surface area contributed by atoms with Crippen molar-refractivity contribution < 1.29 is 13.2 Å². The molecule has 0 bridgehead atoms. The van der Waals surface area contributed by atoms with Gasteiger partial charge in [-0.2, -0.15) is 0 Å². The van der Waals surface area contributed by atoms with Gasteiger partial charge in [-0.05, 0) is 31.9 Å². The van der Waals surface area contributed by atoms with Crippen molar-refractivity contribution in [1.29, 1.82) is 0 Å². The van der Waals surface area contributed by atoms with Crippen LogP contribution in [0.1, 0.15) is 19.8 Å². The molecule has 0 saturated carbocycles. The van der Waals surface area contributed by atoms with Crippen molar-refractivity contribution in [3.8, 4) is 0 Å². The van der Waals surface area contributed by atoms with Gasteiger partial charge < -0.3 is 5.32 Å². The monoisotopic (exact) mass is 353 g/mol. The molecule has 2 aromatic rings. The Morgan fingerprint density at radius 1 is 1.35 bits per heavy atom. The van der Waals surface area contributed by atoms with Gasteiger partial charge in [0.15, 0.2) is 5.13 Å². The molecule has 0 aliphatic carbocycles. The number of hydrogen-bond donors (Lipinski definition) is 1. The van der Waals surface area contributed by atoms with E-state index in [0.717, 1.165) is 10.2 Å². The van der Waals surface area contributed by atoms with Gasteiger partial charge in [0.25, 0.3) is 0 Å². The van der Waals surface area contributed by atoms with E-state index in [4.69, 9.17) is 0 Å². The molecule has 3 rings (SSSR count). The quantitative estimate of drug-likeness (QED) is 0.915. The van der Waals surface area contributed by atoms with Crippen LogP contribution in [0.4, 0.5) is 5.13 Å². The molecule has 0 spiro atoms. The smallest absolute Gasteiger partial charge is 0.229 e. The third kappa shape index (κ3) is 3.54. The molecule has 2 heterocycles. The number of nitrogens with zero attached hydrogens (tertiary/aromatic N) is 2. The molecule has 1 aliphatic rings. The highest BCUT2D eigenvalue weighted by Crippen LogP contribution is 2.27. The van der Waals surface area contributed by atoms with Crippen molar-refractivity contribution in [3.05, 3.63) is 24.3 Å². The van der Waals surface area contributed by atoms with Gasteiger partial charge in [-0.25, -0.2) is 17.7 Å². The van der Waals surface area contributed by atoms with E-state index in [-0.39, 0.29) is 17.6 Å². The molecule has 23 heavy (non-hydrogen) atoms. The fraction of sp³-hybridized carbons (Fsp3) is 0.467. The second-order valence-corrected chi connectivity index (χ2v) is 8.84. The Hall–Kier alpha value is -1.51. The highest BCUT2D eigenvalue weighted by molar-refractivity contribution is 7.89. The highest BCUT2D eigenvalue weighted by Gasteiger charge is 2.30. The van der Waals surface area contributed by atoms with Gasteiger partial charge in [-0.3, -0.25) is 4.79 Å². The van der Waals surface area contributed by atoms with E-state index in [9.17, 15) is 13.2 Å². The topological polar surface area (TPSA) is 79.4 Å². The molecule has 8 heteroatoms. The van der Waals surface area contributed by atoms with E-state index in [1.807, 2.05) is 24.3 Å². The molecule has 1 amide bonds. The summed E-state index contributed by atoms with van der Waals surface area (Å²) in [5.74, 6) is -0.127. The normalized spacial score (nSPS) is 17.4. The molecule has 1 aromatic heterocycles. The summed E-state index contributed by atoms with van der Waals surface area (Å²) < 4.78 is 26.2. The van der Waals surface area contributed by atoms with E-state index in [0.29, 0.717) is 31.1 Å². The predicted octanol–water partition coefficient (Wildman–Crippen LogP) is 2.30. The fourth-order valence-corrected chi connectivity index (χ4v) is 4.71. The number of anilines is 1. The maximum atomic E-state index is 12.4. The Balaban J connectivity index is 1.61. The average Bonchev–Trinajstić information content (AvgIpc) is 2.97. The summed E-state index contributed by atoms with van der Waals surface area (Å²) in [6.45, 7) is 2.46. The highest BCUT2D eigenvalue weighted by atomic mass is 32.2. The molecule has 1 aromatic carbocycles. The minimum absolute atomic E-state index is 0.0717. The van der Waals surface area contributed by atoms with Crippen molar-refractivity contribution in [2.45, 2.75) is 19.8 Å². The van der Waals surface area contributed by atoms with Crippen LogP contribution in [0.15, 0.2) is 24.3 Å². The van der Waals surface area contributed by atoms with E-state index < -0.39 is 10.0 Å². The van der Waals surface area contributed by atoms with Gasteiger partial charge in [0, 0.05) is 19.0 Å². The van der Waals surface area contributed by atoms with Crippen molar-refractivity contribution >= 4 is 42.6 Å². The second kappa shape index (κ2) is 6.54. The molecule has 6 nitrogen and oxygen atoms in total. The number of amides is 1. The van der Waals surface area contributed by atoms with Crippen molar-refractivity contribution in [1.82, 2.24) is 9.29 Å². The number of para-hydroxylation sites is 1. The lowest BCUT2D eigenvalue weighted by molar-refractivity contribution is -0.120. The lowest BCUT2D eigenvalue weighted by atomic mass is 9.97. The third-order valence-corrected chi connectivity index (χ3v) is 6.94. The van der Waals surface area contributed by atoms with Gasteiger partial charge >= 0.3 is 0 Å². The number of carbonyl (C=O) groups is 1. The van der Waals surface area contributed by atoms with Gasteiger partial charge in [0.2, 0.25) is 15.9 Å². The number of fused-ring (bicyclic) bond motifs is 1. The average molecular weight is 353 g/mol. The van der Waals surface area contributed by atoms with E-state index in [1.165, 1.54) is 15.6 Å². The molecule has 1 N–H and O–H groups in total.